The number of carbonyl (C=O) groups excluding carboxylic acids is 2. The molecular weight excluding hydrogens is 360 g/mol. The van der Waals surface area contributed by atoms with E-state index >= 15 is 0 Å². The fourth-order valence-electron chi connectivity index (χ4n) is 3.66. The van der Waals surface area contributed by atoms with Gasteiger partial charge in [0.1, 0.15) is 12.1 Å². The van der Waals surface area contributed by atoms with Crippen LogP contribution in [0.25, 0.3) is 11.1 Å². The lowest BCUT2D eigenvalue weighted by Gasteiger charge is -2.23. The number of amides is 2. The highest BCUT2D eigenvalue weighted by molar-refractivity contribution is 5.82. The van der Waals surface area contributed by atoms with Crippen molar-refractivity contribution >= 4 is 18.0 Å². The maximum atomic E-state index is 12.3. The Morgan fingerprint density at radius 1 is 1.07 bits per heavy atom. The van der Waals surface area contributed by atoms with E-state index in [1.165, 1.54) is 0 Å². The van der Waals surface area contributed by atoms with Crippen molar-refractivity contribution in [2.45, 2.75) is 37.8 Å². The smallest absolute Gasteiger partial charge is 0.408 e. The molecule has 7 nitrogen and oxygen atoms in total. The molecule has 0 aliphatic heterocycles. The summed E-state index contributed by atoms with van der Waals surface area (Å²) in [4.78, 5) is 34.5. The van der Waals surface area contributed by atoms with Gasteiger partial charge in [0.2, 0.25) is 5.91 Å². The lowest BCUT2D eigenvalue weighted by molar-refractivity contribution is -0.139. The maximum absolute atomic E-state index is 12.3. The van der Waals surface area contributed by atoms with E-state index < -0.39 is 30.1 Å². The number of carboxylic acid groups (broad SMARTS) is 1. The summed E-state index contributed by atoms with van der Waals surface area (Å²) in [5.74, 6) is -2.02. The molecule has 7 heteroatoms. The second kappa shape index (κ2) is 8.12. The zero-order valence-electron chi connectivity index (χ0n) is 15.4. The van der Waals surface area contributed by atoms with Gasteiger partial charge in [0.05, 0.1) is 0 Å². The van der Waals surface area contributed by atoms with Gasteiger partial charge in [-0.2, -0.15) is 0 Å². The van der Waals surface area contributed by atoms with Gasteiger partial charge in [-0.1, -0.05) is 48.5 Å². The van der Waals surface area contributed by atoms with Crippen molar-refractivity contribution in [1.82, 2.24) is 5.32 Å². The number of nitrogens with one attached hydrogen (secondary N) is 1. The van der Waals surface area contributed by atoms with Crippen molar-refractivity contribution in [3.63, 3.8) is 0 Å². The molecule has 0 fully saturated rings. The van der Waals surface area contributed by atoms with Gasteiger partial charge in [-0.05, 0) is 35.6 Å². The first-order valence-electron chi connectivity index (χ1n) is 9.05. The largest absolute Gasteiger partial charge is 0.480 e. The predicted molar refractivity (Wildman–Crippen MR) is 103 cm³/mol. The number of primary amides is 1. The maximum Gasteiger partial charge on any atom is 0.408 e. The van der Waals surface area contributed by atoms with Gasteiger partial charge >= 0.3 is 12.1 Å². The summed E-state index contributed by atoms with van der Waals surface area (Å²) in [6.45, 7) is 1.78. The Balaban J connectivity index is 1.74. The number of carboxylic acids is 1. The first kappa shape index (κ1) is 19.4. The Labute approximate surface area is 162 Å². The van der Waals surface area contributed by atoms with Crippen molar-refractivity contribution in [3.8, 4) is 11.1 Å². The molecule has 2 amide bonds. The van der Waals surface area contributed by atoms with E-state index in [9.17, 15) is 19.5 Å². The highest BCUT2D eigenvalue weighted by Crippen LogP contribution is 2.46. The average Bonchev–Trinajstić information content (AvgIpc) is 2.99. The van der Waals surface area contributed by atoms with Gasteiger partial charge in [0, 0.05) is 12.3 Å². The average molecular weight is 382 g/mol. The molecule has 0 radical (unpaired) electrons. The first-order chi connectivity index (χ1) is 13.4. The molecule has 0 saturated carbocycles. The van der Waals surface area contributed by atoms with Gasteiger partial charge in [-0.15, -0.1) is 0 Å². The second-order valence-corrected chi connectivity index (χ2v) is 6.80. The Morgan fingerprint density at radius 2 is 1.61 bits per heavy atom. The van der Waals surface area contributed by atoms with Crippen LogP contribution in [0.1, 0.15) is 36.8 Å². The van der Waals surface area contributed by atoms with Crippen molar-refractivity contribution in [3.05, 3.63) is 59.7 Å². The molecule has 1 aliphatic carbocycles. The summed E-state index contributed by atoms with van der Waals surface area (Å²) in [5.41, 5.74) is 9.38. The third-order valence-corrected chi connectivity index (χ3v) is 4.91. The number of hydrogen-bond donors (Lipinski definition) is 3. The SMILES string of the molecule is CC(OC(=O)N[C@H](CCC(N)=O)C(=O)O)C1c2ccccc2-c2ccccc21. The monoisotopic (exact) mass is 382 g/mol. The number of fused-ring (bicyclic) bond motifs is 3. The van der Waals surface area contributed by atoms with Gasteiger partial charge in [0.25, 0.3) is 0 Å². The van der Waals surface area contributed by atoms with E-state index in [0.29, 0.717) is 0 Å². The summed E-state index contributed by atoms with van der Waals surface area (Å²) >= 11 is 0. The number of ether oxygens (including phenoxy) is 1. The number of carbonyl (C=O) groups is 3. The lowest BCUT2D eigenvalue weighted by atomic mass is 9.92. The highest BCUT2D eigenvalue weighted by atomic mass is 16.6. The predicted octanol–water partition coefficient (Wildman–Crippen LogP) is 2.63. The molecule has 2 aromatic rings. The number of benzene rings is 2. The van der Waals surface area contributed by atoms with Gasteiger partial charge in [-0.3, -0.25) is 4.79 Å². The topological polar surface area (TPSA) is 119 Å². The molecule has 0 aromatic heterocycles. The molecule has 3 rings (SSSR count). The molecule has 146 valence electrons. The lowest BCUT2D eigenvalue weighted by Crippen LogP contribution is -2.43. The van der Waals surface area contributed by atoms with E-state index in [0.717, 1.165) is 22.3 Å². The van der Waals surface area contributed by atoms with Crippen LogP contribution in [-0.2, 0) is 14.3 Å². The number of rotatable bonds is 7. The van der Waals surface area contributed by atoms with Crippen molar-refractivity contribution in [2.75, 3.05) is 0 Å². The van der Waals surface area contributed by atoms with Crippen molar-refractivity contribution in [1.29, 1.82) is 0 Å². The third kappa shape index (κ3) is 3.98. The van der Waals surface area contributed by atoms with Crippen LogP contribution in [0.2, 0.25) is 0 Å². The molecule has 2 aromatic carbocycles. The zero-order chi connectivity index (χ0) is 20.3. The van der Waals surface area contributed by atoms with Gasteiger partial charge in [-0.25, -0.2) is 9.59 Å². The fraction of sp³-hybridized carbons (Fsp3) is 0.286. The molecule has 4 N–H and O–H groups in total. The van der Waals surface area contributed by atoms with E-state index in [1.807, 2.05) is 48.5 Å². The molecule has 28 heavy (non-hydrogen) atoms. The van der Waals surface area contributed by atoms with Crippen LogP contribution in [0, 0.1) is 0 Å². The molecule has 2 atom stereocenters. The number of alkyl carbamates (subject to hydrolysis) is 1. The number of hydrogen-bond acceptors (Lipinski definition) is 4. The third-order valence-electron chi connectivity index (χ3n) is 4.91. The van der Waals surface area contributed by atoms with E-state index in [4.69, 9.17) is 10.5 Å². The van der Waals surface area contributed by atoms with Crippen LogP contribution in [0.4, 0.5) is 4.79 Å². The van der Waals surface area contributed by atoms with Gasteiger partial charge in [0.15, 0.2) is 0 Å². The van der Waals surface area contributed by atoms with E-state index in [1.54, 1.807) is 6.92 Å². The Kier molecular flexibility index (Phi) is 5.63. The minimum atomic E-state index is -1.25. The second-order valence-electron chi connectivity index (χ2n) is 6.80. The van der Waals surface area contributed by atoms with Crippen LogP contribution in [0.5, 0.6) is 0 Å². The zero-order valence-corrected chi connectivity index (χ0v) is 15.4. The summed E-state index contributed by atoms with van der Waals surface area (Å²) < 4.78 is 5.51. The Morgan fingerprint density at radius 3 is 2.11 bits per heavy atom. The Bertz CT molecular complexity index is 866. The van der Waals surface area contributed by atoms with Crippen LogP contribution >= 0.6 is 0 Å². The molecule has 0 heterocycles. The molecule has 0 saturated heterocycles. The standard InChI is InChI=1S/C21H22N2O5/c1-12(28-21(27)23-17(20(25)26)10-11-18(22)24)19-15-8-4-2-6-13(15)14-7-3-5-9-16(14)19/h2-9,12,17,19H,10-11H2,1H3,(H2,22,24)(H,23,27)(H,25,26)/t12?,17-/m1/s1. The molecule has 0 spiro atoms. The van der Waals surface area contributed by atoms with E-state index in [2.05, 4.69) is 5.32 Å². The number of nitrogens with two attached hydrogens (primary N) is 1. The van der Waals surface area contributed by atoms with Crippen LogP contribution < -0.4 is 11.1 Å². The highest BCUT2D eigenvalue weighted by Gasteiger charge is 2.34. The quantitative estimate of drug-likeness (QED) is 0.680. The van der Waals surface area contributed by atoms with E-state index in [-0.39, 0.29) is 18.8 Å². The van der Waals surface area contributed by atoms with Crippen LogP contribution in [-0.4, -0.2) is 35.2 Å². The molecule has 0 bridgehead atoms. The normalized spacial score (nSPS) is 14.5. The summed E-state index contributed by atoms with van der Waals surface area (Å²) in [6.07, 6.45) is -1.60. The van der Waals surface area contributed by atoms with Gasteiger partial charge < -0.3 is 20.9 Å². The van der Waals surface area contributed by atoms with Crippen molar-refractivity contribution < 1.29 is 24.2 Å². The number of aliphatic carboxylic acids is 1. The first-order valence-corrected chi connectivity index (χ1v) is 9.05. The van der Waals surface area contributed by atoms with Crippen molar-refractivity contribution in [2.24, 2.45) is 5.73 Å². The fourth-order valence-corrected chi connectivity index (χ4v) is 3.66. The summed E-state index contributed by atoms with van der Waals surface area (Å²) in [6, 6.07) is 14.6. The summed E-state index contributed by atoms with van der Waals surface area (Å²) in [5, 5.41) is 11.5. The Hall–Kier alpha value is -3.35. The minimum Gasteiger partial charge on any atom is -0.480 e. The summed E-state index contributed by atoms with van der Waals surface area (Å²) in [7, 11) is 0. The molecule has 1 unspecified atom stereocenters. The molecular formula is C21H22N2O5. The van der Waals surface area contributed by atoms with Crippen LogP contribution in [0.15, 0.2) is 48.5 Å². The molecule has 1 aliphatic rings. The van der Waals surface area contributed by atoms with Crippen LogP contribution in [0.3, 0.4) is 0 Å². The minimum absolute atomic E-state index is 0.0940.